The maximum Gasteiger partial charge on any atom is 0.101 e. The van der Waals surface area contributed by atoms with Crippen LogP contribution in [0.3, 0.4) is 0 Å². The van der Waals surface area contributed by atoms with Crippen molar-refractivity contribution >= 4 is 78.8 Å². The second kappa shape index (κ2) is 15.1. The molecular weight excluding hydrogens is 763 g/mol. The number of para-hydroxylation sites is 2. The molecule has 1 aliphatic carbocycles. The summed E-state index contributed by atoms with van der Waals surface area (Å²) in [5, 5.41) is 26.7. The molecule has 5 nitrogen and oxygen atoms in total. The van der Waals surface area contributed by atoms with E-state index < -0.39 is 0 Å². The summed E-state index contributed by atoms with van der Waals surface area (Å²) in [6.07, 6.45) is 20.2. The molecule has 0 radical (unpaired) electrons. The minimum absolute atomic E-state index is 0.0496. The first kappa shape index (κ1) is 37.5. The van der Waals surface area contributed by atoms with Crippen molar-refractivity contribution in [3.63, 3.8) is 0 Å². The van der Waals surface area contributed by atoms with Crippen molar-refractivity contribution in [3.05, 3.63) is 195 Å². The van der Waals surface area contributed by atoms with E-state index in [9.17, 15) is 10.5 Å². The monoisotopic (exact) mass is 801 g/mol. The number of allylic oxidation sites excluding steroid dienone is 5. The van der Waals surface area contributed by atoms with Crippen LogP contribution in [-0.2, 0) is 0 Å². The molecule has 8 aromatic rings. The second-order valence-electron chi connectivity index (χ2n) is 15.4. The van der Waals surface area contributed by atoms with E-state index in [1.54, 1.807) is 17.4 Å². The van der Waals surface area contributed by atoms with Crippen LogP contribution < -0.4 is 9.80 Å². The van der Waals surface area contributed by atoms with Crippen LogP contribution in [0.1, 0.15) is 57.3 Å². The Morgan fingerprint density at radius 1 is 0.787 bits per heavy atom. The Bertz CT molecular complexity index is 3350. The van der Waals surface area contributed by atoms with Gasteiger partial charge in [-0.2, -0.15) is 10.5 Å². The van der Waals surface area contributed by atoms with Gasteiger partial charge in [0.1, 0.15) is 12.1 Å². The molecule has 3 heterocycles. The largest absolute Gasteiger partial charge is 0.332 e. The molecule has 2 unspecified atom stereocenters. The smallest absolute Gasteiger partial charge is 0.101 e. The molecule has 6 heteroatoms. The van der Waals surface area contributed by atoms with Gasteiger partial charge in [-0.1, -0.05) is 97.0 Å². The van der Waals surface area contributed by atoms with Gasteiger partial charge < -0.3 is 14.4 Å². The Labute approximate surface area is 360 Å². The van der Waals surface area contributed by atoms with Crippen LogP contribution >= 0.6 is 11.3 Å². The predicted molar refractivity (Wildman–Crippen MR) is 255 cm³/mol. The van der Waals surface area contributed by atoms with Gasteiger partial charge in [-0.05, 0) is 121 Å². The zero-order valence-corrected chi connectivity index (χ0v) is 34.8. The number of aryl methyl sites for hydroxylation is 1. The van der Waals surface area contributed by atoms with Crippen LogP contribution in [0.15, 0.2) is 157 Å². The topological polar surface area (TPSA) is 59.0 Å². The summed E-state index contributed by atoms with van der Waals surface area (Å²) in [6, 6.07) is 46.9. The van der Waals surface area contributed by atoms with Crippen LogP contribution in [-0.4, -0.2) is 10.6 Å². The van der Waals surface area contributed by atoms with Gasteiger partial charge in [0, 0.05) is 49.2 Å². The first-order valence-corrected chi connectivity index (χ1v) is 21.2. The fourth-order valence-corrected chi connectivity index (χ4v) is 10.8. The number of rotatable bonds is 7. The Hall–Kier alpha value is -7.82. The van der Waals surface area contributed by atoms with Gasteiger partial charge in [-0.25, -0.2) is 0 Å². The van der Waals surface area contributed by atoms with Gasteiger partial charge in [-0.3, -0.25) is 0 Å². The summed E-state index contributed by atoms with van der Waals surface area (Å²) in [7, 11) is 0. The Morgan fingerprint density at radius 2 is 1.52 bits per heavy atom. The van der Waals surface area contributed by atoms with E-state index in [0.29, 0.717) is 22.5 Å². The van der Waals surface area contributed by atoms with Crippen molar-refractivity contribution in [1.29, 1.82) is 10.5 Å². The number of anilines is 4. The van der Waals surface area contributed by atoms with Crippen molar-refractivity contribution in [2.24, 2.45) is 0 Å². The van der Waals surface area contributed by atoms with Crippen molar-refractivity contribution in [3.8, 4) is 30.2 Å². The van der Waals surface area contributed by atoms with E-state index in [0.717, 1.165) is 66.5 Å². The molecule has 0 spiro atoms. The van der Waals surface area contributed by atoms with Crippen LogP contribution in [0.5, 0.6) is 0 Å². The molecule has 0 bridgehead atoms. The first-order chi connectivity index (χ1) is 29.9. The highest BCUT2D eigenvalue weighted by molar-refractivity contribution is 7.12. The second-order valence-corrected chi connectivity index (χ2v) is 16.7. The molecular formula is C55H39N5S. The average molecular weight is 802 g/mol. The highest BCUT2D eigenvalue weighted by atomic mass is 32.1. The standard InChI is InChI=1S/C55H39N5S/c1-5-7-16-35(3)58(40-18-10-9-11-19-40)41-25-28-48-46(32-41)54-50(29-26-44-42(20-8-6-2)36(4)61-55(44)54)60(48)52-31-38(33-56)51(30-39(52)34-57)59-47-23-15-14-22-45(47)53-43-21-13-12-17-37(43)24-27-49(53)59/h2,5,7-32,50,54H,1,3-4H3/b7-5-,20-8-,35-16+. The summed E-state index contributed by atoms with van der Waals surface area (Å²) in [5.41, 5.74) is 12.0. The highest BCUT2D eigenvalue weighted by Gasteiger charge is 2.44. The number of aromatic nitrogens is 1. The molecule has 2 aromatic heterocycles. The predicted octanol–water partition coefficient (Wildman–Crippen LogP) is 14.0. The van der Waals surface area contributed by atoms with E-state index >= 15 is 0 Å². The summed E-state index contributed by atoms with van der Waals surface area (Å²) in [6.45, 7) is 6.31. The molecule has 0 amide bonds. The van der Waals surface area contributed by atoms with Gasteiger partial charge in [-0.15, -0.1) is 17.8 Å². The van der Waals surface area contributed by atoms with Gasteiger partial charge in [0.15, 0.2) is 0 Å². The van der Waals surface area contributed by atoms with Crippen LogP contribution in [0.2, 0.25) is 0 Å². The third kappa shape index (κ3) is 5.90. The van der Waals surface area contributed by atoms with Crippen molar-refractivity contribution < 1.29 is 0 Å². The maximum absolute atomic E-state index is 11.1. The maximum atomic E-state index is 11.1. The average Bonchev–Trinajstić information content (AvgIpc) is 3.93. The number of terminal acetylenes is 1. The van der Waals surface area contributed by atoms with Crippen LogP contribution in [0.4, 0.5) is 22.7 Å². The summed E-state index contributed by atoms with van der Waals surface area (Å²) in [5.74, 6) is 2.62. The molecule has 6 aromatic carbocycles. The van der Waals surface area contributed by atoms with Gasteiger partial charge >= 0.3 is 0 Å². The van der Waals surface area contributed by atoms with E-state index in [1.165, 1.54) is 15.3 Å². The molecule has 0 fully saturated rings. The van der Waals surface area contributed by atoms with Crippen molar-refractivity contribution in [2.45, 2.75) is 32.7 Å². The molecule has 1 aliphatic heterocycles. The number of benzene rings is 6. The Morgan fingerprint density at radius 3 is 2.31 bits per heavy atom. The molecule has 290 valence electrons. The summed E-state index contributed by atoms with van der Waals surface area (Å²) < 4.78 is 2.15. The molecule has 2 atom stereocenters. The van der Waals surface area contributed by atoms with Crippen LogP contribution in [0.25, 0.3) is 50.4 Å². The lowest BCUT2D eigenvalue weighted by Crippen LogP contribution is -2.30. The van der Waals surface area contributed by atoms with Crippen molar-refractivity contribution in [2.75, 3.05) is 9.80 Å². The number of thiophene rings is 1. The molecule has 0 N–H and O–H groups in total. The third-order valence-corrected chi connectivity index (χ3v) is 13.3. The highest BCUT2D eigenvalue weighted by Crippen LogP contribution is 2.56. The number of fused-ring (bicyclic) bond motifs is 10. The fourth-order valence-electron chi connectivity index (χ4n) is 9.54. The number of nitriles is 2. The van der Waals surface area contributed by atoms with E-state index in [-0.39, 0.29) is 12.0 Å². The van der Waals surface area contributed by atoms with Gasteiger partial charge in [0.2, 0.25) is 0 Å². The fraction of sp³-hybridized carbons (Fsp3) is 0.0909. The van der Waals surface area contributed by atoms with Gasteiger partial charge in [0.25, 0.3) is 0 Å². The molecule has 61 heavy (non-hydrogen) atoms. The third-order valence-electron chi connectivity index (χ3n) is 12.1. The van der Waals surface area contributed by atoms with E-state index in [2.05, 4.69) is 168 Å². The Balaban J connectivity index is 1.20. The lowest BCUT2D eigenvalue weighted by atomic mass is 9.85. The molecule has 0 saturated heterocycles. The van der Waals surface area contributed by atoms with E-state index in [1.807, 2.05) is 43.3 Å². The van der Waals surface area contributed by atoms with E-state index in [4.69, 9.17) is 6.42 Å². The zero-order valence-electron chi connectivity index (χ0n) is 34.0. The number of hydrogen-bond acceptors (Lipinski definition) is 5. The number of nitrogens with zero attached hydrogens (tertiary/aromatic N) is 5. The summed E-state index contributed by atoms with van der Waals surface area (Å²) in [4.78, 5) is 7.02. The normalized spacial score (nSPS) is 15.6. The first-order valence-electron chi connectivity index (χ1n) is 20.4. The lowest BCUT2D eigenvalue weighted by Gasteiger charge is -2.31. The SMILES string of the molecule is C#C/C=C\c1c(C)sc2c1C=CC1C2c2cc(N(/C(C)=C/C=C\C)c3ccccc3)ccc2N1c1cc(C#N)c(-n2c3ccccc3c3c4ccccc4ccc32)cc1C#N. The molecule has 10 rings (SSSR count). The minimum Gasteiger partial charge on any atom is -0.332 e. The van der Waals surface area contributed by atoms with Gasteiger partial charge in [0.05, 0.1) is 39.6 Å². The summed E-state index contributed by atoms with van der Waals surface area (Å²) >= 11 is 1.80. The Kier molecular flexibility index (Phi) is 9.26. The quantitative estimate of drug-likeness (QED) is 0.119. The molecule has 0 saturated carbocycles. The van der Waals surface area contributed by atoms with Crippen molar-refractivity contribution in [1.82, 2.24) is 4.57 Å². The number of hydrogen-bond donors (Lipinski definition) is 0. The lowest BCUT2D eigenvalue weighted by molar-refractivity contribution is 0.736. The molecule has 2 aliphatic rings. The zero-order chi connectivity index (χ0) is 41.8. The minimum atomic E-state index is -0.158. The van der Waals surface area contributed by atoms with Crippen LogP contribution in [0, 0.1) is 41.9 Å².